The number of amides is 1. The van der Waals surface area contributed by atoms with E-state index in [9.17, 15) is 4.79 Å². The summed E-state index contributed by atoms with van der Waals surface area (Å²) in [5, 5.41) is 0. The third-order valence-electron chi connectivity index (χ3n) is 2.31. The molecule has 1 heterocycles. The Labute approximate surface area is 97.9 Å². The molecule has 0 saturated carbocycles. The molecule has 4 heteroatoms. The third-order valence-corrected chi connectivity index (χ3v) is 2.31. The Kier molecular flexibility index (Phi) is 3.97. The van der Waals surface area contributed by atoms with Gasteiger partial charge in [0, 0.05) is 26.2 Å². The average Bonchev–Trinajstić information content (AvgIpc) is 2.23. The van der Waals surface area contributed by atoms with E-state index in [0.717, 1.165) is 18.7 Å². The summed E-state index contributed by atoms with van der Waals surface area (Å²) in [5.41, 5.74) is 0.613. The smallest absolute Gasteiger partial charge is 0.410 e. The molecule has 0 atom stereocenters. The minimum atomic E-state index is -0.434. The van der Waals surface area contributed by atoms with Crippen molar-refractivity contribution < 1.29 is 9.53 Å². The zero-order valence-corrected chi connectivity index (χ0v) is 10.7. The first-order chi connectivity index (χ1) is 7.28. The molecule has 1 rings (SSSR count). The van der Waals surface area contributed by atoms with E-state index < -0.39 is 5.60 Å². The highest BCUT2D eigenvalue weighted by molar-refractivity contribution is 5.68. The van der Waals surface area contributed by atoms with E-state index in [1.54, 1.807) is 4.90 Å². The number of carbonyl (C=O) groups excluding carboxylic acids is 1. The van der Waals surface area contributed by atoms with Gasteiger partial charge in [-0.2, -0.15) is 0 Å². The first-order valence-electron chi connectivity index (χ1n) is 5.61. The molecule has 0 bridgehead atoms. The van der Waals surface area contributed by atoms with Gasteiger partial charge in [0.05, 0.1) is 0 Å². The van der Waals surface area contributed by atoms with Crippen molar-refractivity contribution in [3.8, 4) is 0 Å². The van der Waals surface area contributed by atoms with Crippen LogP contribution in [0.25, 0.3) is 0 Å². The summed E-state index contributed by atoms with van der Waals surface area (Å²) in [4.78, 5) is 15.7. The lowest BCUT2D eigenvalue weighted by atomic mass is 10.2. The second-order valence-corrected chi connectivity index (χ2v) is 5.39. The third kappa shape index (κ3) is 4.23. The van der Waals surface area contributed by atoms with Crippen molar-refractivity contribution in [2.24, 2.45) is 0 Å². The highest BCUT2D eigenvalue weighted by Gasteiger charge is 2.24. The molecule has 4 nitrogen and oxygen atoms in total. The molecule has 0 aromatic heterocycles. The number of hydrogen-bond acceptors (Lipinski definition) is 3. The summed E-state index contributed by atoms with van der Waals surface area (Å²) in [5.74, 6) is 0. The Morgan fingerprint density at radius 1 is 1.31 bits per heavy atom. The van der Waals surface area contributed by atoms with Crippen LogP contribution in [0, 0.1) is 0 Å². The van der Waals surface area contributed by atoms with E-state index in [0.29, 0.717) is 13.1 Å². The van der Waals surface area contributed by atoms with Gasteiger partial charge in [0.25, 0.3) is 0 Å². The van der Waals surface area contributed by atoms with Gasteiger partial charge in [-0.25, -0.2) is 4.79 Å². The topological polar surface area (TPSA) is 32.8 Å². The van der Waals surface area contributed by atoms with Crippen molar-refractivity contribution >= 4 is 6.09 Å². The van der Waals surface area contributed by atoms with Crippen LogP contribution in [0.2, 0.25) is 0 Å². The number of rotatable bonds is 0. The molecule has 1 aliphatic heterocycles. The molecule has 0 aromatic rings. The Bertz CT molecular complexity index is 281. The average molecular weight is 226 g/mol. The molecule has 1 saturated heterocycles. The van der Waals surface area contributed by atoms with Gasteiger partial charge in [-0.3, -0.25) is 0 Å². The van der Waals surface area contributed by atoms with Gasteiger partial charge in [-0.15, -0.1) is 0 Å². The summed E-state index contributed by atoms with van der Waals surface area (Å²) in [7, 11) is 2.03. The summed E-state index contributed by atoms with van der Waals surface area (Å²) >= 11 is 0. The zero-order chi connectivity index (χ0) is 12.3. The molecular formula is C12H22N2O2. The maximum Gasteiger partial charge on any atom is 0.410 e. The Balaban J connectivity index is 2.59. The largest absolute Gasteiger partial charge is 0.444 e. The quantitative estimate of drug-likeness (QED) is 0.590. The van der Waals surface area contributed by atoms with Crippen LogP contribution in [0.3, 0.4) is 0 Å². The number of nitrogens with zero attached hydrogens (tertiary/aromatic N) is 2. The fourth-order valence-corrected chi connectivity index (χ4v) is 1.63. The maximum atomic E-state index is 11.9. The molecular weight excluding hydrogens is 204 g/mol. The monoisotopic (exact) mass is 226 g/mol. The normalized spacial score (nSPS) is 19.5. The van der Waals surface area contributed by atoms with Crippen molar-refractivity contribution in [1.29, 1.82) is 0 Å². The van der Waals surface area contributed by atoms with Crippen LogP contribution in [0.4, 0.5) is 4.79 Å². The highest BCUT2D eigenvalue weighted by Crippen LogP contribution is 2.12. The molecule has 0 unspecified atom stereocenters. The standard InChI is InChI=1S/C12H22N2O2/c1-10-8-13(5)6-7-14(9-10)11(15)16-12(2,3)4/h1,6-9H2,2-5H3. The Morgan fingerprint density at radius 2 is 1.94 bits per heavy atom. The summed E-state index contributed by atoms with van der Waals surface area (Å²) in [6, 6.07) is 0. The molecule has 0 aliphatic carbocycles. The van der Waals surface area contributed by atoms with E-state index >= 15 is 0 Å². The molecule has 0 radical (unpaired) electrons. The van der Waals surface area contributed by atoms with Crippen LogP contribution in [0.1, 0.15) is 20.8 Å². The van der Waals surface area contributed by atoms with E-state index in [2.05, 4.69) is 11.5 Å². The van der Waals surface area contributed by atoms with Crippen LogP contribution in [0.5, 0.6) is 0 Å². The fourth-order valence-electron chi connectivity index (χ4n) is 1.63. The van der Waals surface area contributed by atoms with Gasteiger partial charge in [-0.1, -0.05) is 6.58 Å². The van der Waals surface area contributed by atoms with Gasteiger partial charge in [0.1, 0.15) is 5.60 Å². The van der Waals surface area contributed by atoms with Crippen molar-refractivity contribution in [2.75, 3.05) is 33.2 Å². The number of ether oxygens (including phenoxy) is 1. The predicted molar refractivity (Wildman–Crippen MR) is 64.4 cm³/mol. The van der Waals surface area contributed by atoms with Crippen LogP contribution >= 0.6 is 0 Å². The van der Waals surface area contributed by atoms with Gasteiger partial charge in [0.2, 0.25) is 0 Å². The second-order valence-electron chi connectivity index (χ2n) is 5.39. The van der Waals surface area contributed by atoms with E-state index in [4.69, 9.17) is 4.74 Å². The van der Waals surface area contributed by atoms with Gasteiger partial charge in [0.15, 0.2) is 0 Å². The molecule has 1 amide bonds. The summed E-state index contributed by atoms with van der Waals surface area (Å²) < 4.78 is 5.34. The Hall–Kier alpha value is -1.03. The van der Waals surface area contributed by atoms with Crippen LogP contribution < -0.4 is 0 Å². The maximum absolute atomic E-state index is 11.9. The summed E-state index contributed by atoms with van der Waals surface area (Å²) in [6.45, 7) is 12.6. The van der Waals surface area contributed by atoms with Crippen LogP contribution in [-0.4, -0.2) is 54.7 Å². The second kappa shape index (κ2) is 4.87. The lowest BCUT2D eigenvalue weighted by Crippen LogP contribution is -2.39. The number of likely N-dealkylation sites (N-methyl/N-ethyl adjacent to an activating group) is 1. The first kappa shape index (κ1) is 13.0. The molecule has 92 valence electrons. The van der Waals surface area contributed by atoms with Crippen molar-refractivity contribution in [2.45, 2.75) is 26.4 Å². The van der Waals surface area contributed by atoms with E-state index in [-0.39, 0.29) is 6.09 Å². The van der Waals surface area contributed by atoms with Crippen molar-refractivity contribution in [3.63, 3.8) is 0 Å². The molecule has 0 spiro atoms. The Morgan fingerprint density at radius 3 is 2.50 bits per heavy atom. The molecule has 16 heavy (non-hydrogen) atoms. The molecule has 0 aromatic carbocycles. The first-order valence-corrected chi connectivity index (χ1v) is 5.61. The van der Waals surface area contributed by atoms with Gasteiger partial charge >= 0.3 is 6.09 Å². The fraction of sp³-hybridized carbons (Fsp3) is 0.750. The van der Waals surface area contributed by atoms with Crippen molar-refractivity contribution in [3.05, 3.63) is 12.2 Å². The SMILES string of the molecule is C=C1CN(C)CCN(C(=O)OC(C)(C)C)C1. The van der Waals surface area contributed by atoms with Crippen molar-refractivity contribution in [1.82, 2.24) is 9.80 Å². The lowest BCUT2D eigenvalue weighted by molar-refractivity contribution is 0.0270. The minimum Gasteiger partial charge on any atom is -0.444 e. The highest BCUT2D eigenvalue weighted by atomic mass is 16.6. The molecule has 1 fully saturated rings. The van der Waals surface area contributed by atoms with Crippen LogP contribution in [-0.2, 0) is 4.74 Å². The van der Waals surface area contributed by atoms with Gasteiger partial charge in [-0.05, 0) is 33.4 Å². The predicted octanol–water partition coefficient (Wildman–Crippen LogP) is 1.73. The van der Waals surface area contributed by atoms with Crippen LogP contribution in [0.15, 0.2) is 12.2 Å². The summed E-state index contributed by atoms with van der Waals surface area (Å²) in [6.07, 6.45) is -0.246. The number of carbonyl (C=O) groups is 1. The van der Waals surface area contributed by atoms with E-state index in [1.165, 1.54) is 0 Å². The van der Waals surface area contributed by atoms with Gasteiger partial charge < -0.3 is 14.5 Å². The molecule has 0 N–H and O–H groups in total. The minimum absolute atomic E-state index is 0.246. The number of hydrogen-bond donors (Lipinski definition) is 0. The lowest BCUT2D eigenvalue weighted by Gasteiger charge is -2.26. The zero-order valence-electron chi connectivity index (χ0n) is 10.7. The van der Waals surface area contributed by atoms with E-state index in [1.807, 2.05) is 27.8 Å². The molecule has 1 aliphatic rings.